The lowest BCUT2D eigenvalue weighted by Crippen LogP contribution is -2.24. The van der Waals surface area contributed by atoms with Gasteiger partial charge in [0.15, 0.2) is 0 Å². The maximum absolute atomic E-state index is 11.6. The molecule has 0 N–H and O–H groups in total. The second kappa shape index (κ2) is 6.33. The molecular weight excluding hydrogens is 318 g/mol. The van der Waals surface area contributed by atoms with E-state index in [4.69, 9.17) is 0 Å². The zero-order chi connectivity index (χ0) is 16.4. The number of esters is 1. The van der Waals surface area contributed by atoms with Crippen molar-refractivity contribution in [2.75, 3.05) is 18.6 Å². The number of aromatic nitrogens is 1. The molecule has 0 bridgehead atoms. The smallest absolute Gasteiger partial charge is 0.339 e. The molecule has 2 aromatic rings. The normalized spacial score (nSPS) is 17.3. The third-order valence-electron chi connectivity index (χ3n) is 3.86. The topological polar surface area (TPSA) is 85.6 Å². The number of rotatable bonds is 4. The highest BCUT2D eigenvalue weighted by molar-refractivity contribution is 7.10. The minimum Gasteiger partial charge on any atom is -0.465 e. The van der Waals surface area contributed by atoms with Gasteiger partial charge >= 0.3 is 11.7 Å². The van der Waals surface area contributed by atoms with Gasteiger partial charge in [0, 0.05) is 23.7 Å². The number of pyridine rings is 1. The first-order valence-corrected chi connectivity index (χ1v) is 8.02. The van der Waals surface area contributed by atoms with Crippen LogP contribution in [0.3, 0.4) is 0 Å². The van der Waals surface area contributed by atoms with E-state index in [1.54, 1.807) is 11.3 Å². The first-order valence-electron chi connectivity index (χ1n) is 7.14. The molecule has 1 atom stereocenters. The zero-order valence-corrected chi connectivity index (χ0v) is 13.3. The molecule has 0 spiro atoms. The van der Waals surface area contributed by atoms with Gasteiger partial charge < -0.3 is 9.64 Å². The van der Waals surface area contributed by atoms with Crippen molar-refractivity contribution in [1.29, 1.82) is 0 Å². The monoisotopic (exact) mass is 333 g/mol. The van der Waals surface area contributed by atoms with Gasteiger partial charge in [-0.15, -0.1) is 11.3 Å². The van der Waals surface area contributed by atoms with Gasteiger partial charge in [0.1, 0.15) is 0 Å². The van der Waals surface area contributed by atoms with E-state index in [0.29, 0.717) is 12.4 Å². The summed E-state index contributed by atoms with van der Waals surface area (Å²) in [6, 6.07) is 5.32. The molecule has 0 saturated carbocycles. The SMILES string of the molecule is COC(=O)c1cnc(N2CCCC2c2cccs2)c([N+](=O)[O-])c1. The molecule has 7 nitrogen and oxygen atoms in total. The van der Waals surface area contributed by atoms with Crippen molar-refractivity contribution in [3.05, 3.63) is 50.3 Å². The Morgan fingerprint density at radius 3 is 3.04 bits per heavy atom. The Balaban J connectivity index is 2.01. The molecular formula is C15H15N3O4S. The lowest BCUT2D eigenvalue weighted by Gasteiger charge is -2.24. The highest BCUT2D eigenvalue weighted by Crippen LogP contribution is 2.40. The van der Waals surface area contributed by atoms with Crippen molar-refractivity contribution in [2.45, 2.75) is 18.9 Å². The highest BCUT2D eigenvalue weighted by Gasteiger charge is 2.33. The number of hydrogen-bond donors (Lipinski definition) is 0. The zero-order valence-electron chi connectivity index (χ0n) is 12.5. The lowest BCUT2D eigenvalue weighted by atomic mass is 10.2. The standard InChI is InChI=1S/C15H15N3O4S/c1-22-15(19)10-8-12(18(20)21)14(16-9-10)17-6-2-4-11(17)13-5-3-7-23-13/h3,5,7-9,11H,2,4,6H2,1H3. The molecule has 1 unspecified atom stereocenters. The number of nitro groups is 1. The molecule has 1 aliphatic heterocycles. The van der Waals surface area contributed by atoms with Crippen LogP contribution in [0.4, 0.5) is 11.5 Å². The number of methoxy groups -OCH3 is 1. The van der Waals surface area contributed by atoms with Crippen LogP contribution in [0.15, 0.2) is 29.8 Å². The van der Waals surface area contributed by atoms with Crippen molar-refractivity contribution < 1.29 is 14.5 Å². The van der Waals surface area contributed by atoms with Crippen LogP contribution in [0, 0.1) is 10.1 Å². The molecule has 1 saturated heterocycles. The molecule has 0 aliphatic carbocycles. The second-order valence-corrected chi connectivity index (χ2v) is 6.16. The van der Waals surface area contributed by atoms with Crippen LogP contribution < -0.4 is 4.90 Å². The summed E-state index contributed by atoms with van der Waals surface area (Å²) < 4.78 is 4.60. The minimum atomic E-state index is -0.636. The Labute approximate surface area is 136 Å². The summed E-state index contributed by atoms with van der Waals surface area (Å²) in [6.45, 7) is 0.702. The maximum atomic E-state index is 11.6. The fourth-order valence-corrected chi connectivity index (χ4v) is 3.70. The molecule has 0 aromatic carbocycles. The van der Waals surface area contributed by atoms with Gasteiger partial charge in [-0.05, 0) is 24.3 Å². The van der Waals surface area contributed by atoms with Crippen LogP contribution in [0.2, 0.25) is 0 Å². The van der Waals surface area contributed by atoms with E-state index in [9.17, 15) is 14.9 Å². The largest absolute Gasteiger partial charge is 0.465 e. The van der Waals surface area contributed by atoms with Crippen molar-refractivity contribution in [1.82, 2.24) is 4.98 Å². The maximum Gasteiger partial charge on any atom is 0.339 e. The van der Waals surface area contributed by atoms with E-state index in [-0.39, 0.29) is 17.3 Å². The average Bonchev–Trinajstić information content (AvgIpc) is 3.23. The molecule has 3 rings (SSSR count). The molecule has 1 fully saturated rings. The number of anilines is 1. The van der Waals surface area contributed by atoms with Crippen molar-refractivity contribution in [3.63, 3.8) is 0 Å². The fraction of sp³-hybridized carbons (Fsp3) is 0.333. The van der Waals surface area contributed by atoms with E-state index in [1.807, 2.05) is 22.4 Å². The Bertz CT molecular complexity index is 732. The number of hydrogen-bond acceptors (Lipinski definition) is 7. The van der Waals surface area contributed by atoms with Crippen LogP contribution in [-0.4, -0.2) is 29.5 Å². The molecule has 2 aromatic heterocycles. The van der Waals surface area contributed by atoms with Gasteiger partial charge in [-0.25, -0.2) is 9.78 Å². The summed E-state index contributed by atoms with van der Waals surface area (Å²) in [7, 11) is 1.23. The molecule has 23 heavy (non-hydrogen) atoms. The summed E-state index contributed by atoms with van der Waals surface area (Å²) in [5.74, 6) is -0.332. The number of ether oxygens (including phenoxy) is 1. The van der Waals surface area contributed by atoms with Crippen LogP contribution in [-0.2, 0) is 4.74 Å². The van der Waals surface area contributed by atoms with Crippen LogP contribution in [0.5, 0.6) is 0 Å². The molecule has 3 heterocycles. The van der Waals surface area contributed by atoms with Gasteiger partial charge in [-0.1, -0.05) is 6.07 Å². The van der Waals surface area contributed by atoms with Crippen molar-refractivity contribution >= 4 is 28.8 Å². The Morgan fingerprint density at radius 1 is 1.57 bits per heavy atom. The third-order valence-corrected chi connectivity index (χ3v) is 4.84. The predicted octanol–water partition coefficient (Wildman–Crippen LogP) is 3.18. The van der Waals surface area contributed by atoms with Gasteiger partial charge in [0.2, 0.25) is 5.82 Å². The first kappa shape index (κ1) is 15.4. The minimum absolute atomic E-state index is 0.0785. The fourth-order valence-electron chi connectivity index (χ4n) is 2.83. The summed E-state index contributed by atoms with van der Waals surface area (Å²) in [5.41, 5.74) is -0.0915. The predicted molar refractivity (Wildman–Crippen MR) is 85.9 cm³/mol. The number of nitrogens with zero attached hydrogens (tertiary/aromatic N) is 3. The van der Waals surface area contributed by atoms with Gasteiger partial charge in [-0.2, -0.15) is 0 Å². The summed E-state index contributed by atoms with van der Waals surface area (Å²) in [5, 5.41) is 13.4. The lowest BCUT2D eigenvalue weighted by molar-refractivity contribution is -0.384. The molecule has 1 aliphatic rings. The molecule has 120 valence electrons. The Kier molecular flexibility index (Phi) is 4.24. The van der Waals surface area contributed by atoms with E-state index in [0.717, 1.165) is 17.7 Å². The molecule has 0 amide bonds. The van der Waals surface area contributed by atoms with E-state index >= 15 is 0 Å². The summed E-state index contributed by atoms with van der Waals surface area (Å²) >= 11 is 1.63. The van der Waals surface area contributed by atoms with Gasteiger partial charge in [-0.3, -0.25) is 10.1 Å². The summed E-state index contributed by atoms with van der Waals surface area (Å²) in [4.78, 5) is 29.8. The van der Waals surface area contributed by atoms with Crippen LogP contribution in [0.25, 0.3) is 0 Å². The highest BCUT2D eigenvalue weighted by atomic mass is 32.1. The summed E-state index contributed by atoms with van der Waals surface area (Å²) in [6.07, 6.45) is 3.20. The second-order valence-electron chi connectivity index (χ2n) is 5.18. The average molecular weight is 333 g/mol. The Hall–Kier alpha value is -2.48. The number of thiophene rings is 1. The van der Waals surface area contributed by atoms with Gasteiger partial charge in [0.05, 0.1) is 23.6 Å². The number of carbonyl (C=O) groups is 1. The van der Waals surface area contributed by atoms with Crippen LogP contribution >= 0.6 is 11.3 Å². The Morgan fingerprint density at radius 2 is 2.39 bits per heavy atom. The van der Waals surface area contributed by atoms with E-state index in [2.05, 4.69) is 9.72 Å². The third kappa shape index (κ3) is 2.89. The van der Waals surface area contributed by atoms with Crippen molar-refractivity contribution in [3.8, 4) is 0 Å². The van der Waals surface area contributed by atoms with Crippen LogP contribution in [0.1, 0.15) is 34.1 Å². The van der Waals surface area contributed by atoms with E-state index in [1.165, 1.54) is 19.4 Å². The molecule has 8 heteroatoms. The van der Waals surface area contributed by atoms with E-state index < -0.39 is 10.9 Å². The first-order chi connectivity index (χ1) is 11.1. The quantitative estimate of drug-likeness (QED) is 0.485. The molecule has 0 radical (unpaired) electrons. The number of carbonyl (C=O) groups excluding carboxylic acids is 1. The van der Waals surface area contributed by atoms with Gasteiger partial charge in [0.25, 0.3) is 0 Å². The van der Waals surface area contributed by atoms with Crippen molar-refractivity contribution in [2.24, 2.45) is 0 Å².